The Kier molecular flexibility index (Phi) is 5.46. The summed E-state index contributed by atoms with van der Waals surface area (Å²) in [7, 11) is 1.68. The van der Waals surface area contributed by atoms with Crippen LogP contribution in [0.4, 0.5) is 0 Å². The molecule has 0 fully saturated rings. The van der Waals surface area contributed by atoms with Gasteiger partial charge in [0.1, 0.15) is 0 Å². The van der Waals surface area contributed by atoms with Gasteiger partial charge < -0.3 is 15.2 Å². The maximum absolute atomic E-state index is 9.44. The van der Waals surface area contributed by atoms with Gasteiger partial charge in [-0.3, -0.25) is 0 Å². The summed E-state index contributed by atoms with van der Waals surface area (Å²) in [5.74, 6) is 0. The van der Waals surface area contributed by atoms with E-state index in [9.17, 15) is 5.11 Å². The molecule has 0 radical (unpaired) electrons. The maximum atomic E-state index is 9.44. The molecule has 1 unspecified atom stereocenters. The summed E-state index contributed by atoms with van der Waals surface area (Å²) in [5, 5.41) is 12.8. The predicted octanol–water partition coefficient (Wildman–Crippen LogP) is 1.22. The number of hydrogen-bond donors (Lipinski definition) is 2. The quantitative estimate of drug-likeness (QED) is 0.683. The highest BCUT2D eigenvalue weighted by Gasteiger charge is 2.22. The van der Waals surface area contributed by atoms with Crippen molar-refractivity contribution in [3.05, 3.63) is 35.9 Å². The summed E-state index contributed by atoms with van der Waals surface area (Å²) in [6.45, 7) is 3.55. The zero-order chi connectivity index (χ0) is 11.9. The van der Waals surface area contributed by atoms with Gasteiger partial charge in [-0.2, -0.15) is 0 Å². The fraction of sp³-hybridized carbons (Fsp3) is 0.538. The van der Waals surface area contributed by atoms with E-state index in [1.807, 2.05) is 25.1 Å². The van der Waals surface area contributed by atoms with Crippen LogP contribution in [0.15, 0.2) is 30.3 Å². The van der Waals surface area contributed by atoms with Crippen molar-refractivity contribution in [2.75, 3.05) is 26.9 Å². The van der Waals surface area contributed by atoms with Crippen molar-refractivity contribution in [3.8, 4) is 0 Å². The number of benzene rings is 1. The first-order valence-electron chi connectivity index (χ1n) is 5.59. The van der Waals surface area contributed by atoms with Crippen LogP contribution in [-0.4, -0.2) is 37.5 Å². The number of ether oxygens (including phenoxy) is 1. The van der Waals surface area contributed by atoms with Gasteiger partial charge in [-0.1, -0.05) is 30.3 Å². The second kappa shape index (κ2) is 6.63. The summed E-state index contributed by atoms with van der Waals surface area (Å²) >= 11 is 0. The topological polar surface area (TPSA) is 41.5 Å². The molecule has 16 heavy (non-hydrogen) atoms. The highest BCUT2D eigenvalue weighted by atomic mass is 16.5. The Morgan fingerprint density at radius 3 is 2.56 bits per heavy atom. The molecule has 1 aromatic rings. The molecule has 0 heterocycles. The second-order valence-electron chi connectivity index (χ2n) is 4.30. The van der Waals surface area contributed by atoms with Crippen LogP contribution in [0.25, 0.3) is 0 Å². The molecule has 0 amide bonds. The highest BCUT2D eigenvalue weighted by molar-refractivity contribution is 5.17. The molecule has 0 spiro atoms. The Labute approximate surface area is 97.4 Å². The summed E-state index contributed by atoms with van der Waals surface area (Å²) in [5.41, 5.74) is 0.948. The van der Waals surface area contributed by atoms with E-state index in [0.29, 0.717) is 6.61 Å². The van der Waals surface area contributed by atoms with Crippen LogP contribution in [0.3, 0.4) is 0 Å². The third-order valence-electron chi connectivity index (χ3n) is 2.64. The molecule has 2 N–H and O–H groups in total. The van der Waals surface area contributed by atoms with E-state index in [-0.39, 0.29) is 12.1 Å². The molecule has 1 rings (SSSR count). The molecule has 0 aromatic heterocycles. The van der Waals surface area contributed by atoms with Crippen LogP contribution in [0, 0.1) is 0 Å². The lowest BCUT2D eigenvalue weighted by Gasteiger charge is -2.29. The van der Waals surface area contributed by atoms with Crippen molar-refractivity contribution in [3.63, 3.8) is 0 Å². The lowest BCUT2D eigenvalue weighted by molar-refractivity contribution is 0.147. The molecule has 0 aliphatic heterocycles. The van der Waals surface area contributed by atoms with Crippen molar-refractivity contribution in [1.82, 2.24) is 5.32 Å². The average Bonchev–Trinajstić information content (AvgIpc) is 2.31. The molecule has 0 aliphatic rings. The van der Waals surface area contributed by atoms with E-state index < -0.39 is 0 Å². The van der Waals surface area contributed by atoms with Crippen LogP contribution >= 0.6 is 0 Å². The largest absolute Gasteiger partial charge is 0.394 e. The van der Waals surface area contributed by atoms with E-state index >= 15 is 0 Å². The number of aliphatic hydroxyl groups is 1. The molecule has 3 nitrogen and oxygen atoms in total. The number of rotatable bonds is 7. The van der Waals surface area contributed by atoms with Gasteiger partial charge >= 0.3 is 0 Å². The van der Waals surface area contributed by atoms with Crippen LogP contribution in [0.5, 0.6) is 0 Å². The van der Waals surface area contributed by atoms with Crippen LogP contribution in [-0.2, 0) is 11.2 Å². The average molecular weight is 223 g/mol. The molecule has 90 valence electrons. The standard InChI is InChI=1S/C13H21NO2/c1-13(11-15,14-8-9-16-2)10-12-6-4-3-5-7-12/h3-7,14-15H,8-11H2,1-2H3. The molecule has 3 heteroatoms. The maximum Gasteiger partial charge on any atom is 0.0613 e. The van der Waals surface area contributed by atoms with Gasteiger partial charge in [-0.05, 0) is 18.9 Å². The summed E-state index contributed by atoms with van der Waals surface area (Å²) in [6.07, 6.45) is 0.814. The molecule has 1 atom stereocenters. The number of nitrogens with one attached hydrogen (secondary N) is 1. The summed E-state index contributed by atoms with van der Waals surface area (Å²) in [6, 6.07) is 10.2. The van der Waals surface area contributed by atoms with Gasteiger partial charge in [0.15, 0.2) is 0 Å². The zero-order valence-electron chi connectivity index (χ0n) is 10.1. The van der Waals surface area contributed by atoms with Crippen LogP contribution < -0.4 is 5.32 Å². The van der Waals surface area contributed by atoms with Gasteiger partial charge in [-0.15, -0.1) is 0 Å². The van der Waals surface area contributed by atoms with Gasteiger partial charge in [-0.25, -0.2) is 0 Å². The van der Waals surface area contributed by atoms with Crippen LogP contribution in [0.2, 0.25) is 0 Å². The third kappa shape index (κ3) is 4.31. The minimum Gasteiger partial charge on any atom is -0.394 e. The van der Waals surface area contributed by atoms with E-state index in [1.165, 1.54) is 5.56 Å². The van der Waals surface area contributed by atoms with E-state index in [2.05, 4.69) is 17.4 Å². The third-order valence-corrected chi connectivity index (χ3v) is 2.64. The monoisotopic (exact) mass is 223 g/mol. The summed E-state index contributed by atoms with van der Waals surface area (Å²) < 4.78 is 4.99. The first-order valence-corrected chi connectivity index (χ1v) is 5.59. The second-order valence-corrected chi connectivity index (χ2v) is 4.30. The van der Waals surface area contributed by atoms with E-state index in [4.69, 9.17) is 4.74 Å². The number of aliphatic hydroxyl groups excluding tert-OH is 1. The first-order chi connectivity index (χ1) is 7.70. The number of methoxy groups -OCH3 is 1. The SMILES string of the molecule is COCCNC(C)(CO)Cc1ccccc1. The lowest BCUT2D eigenvalue weighted by atomic mass is 9.93. The van der Waals surface area contributed by atoms with Gasteiger partial charge in [0, 0.05) is 19.2 Å². The zero-order valence-corrected chi connectivity index (χ0v) is 10.1. The Hall–Kier alpha value is -0.900. The molecule has 0 saturated carbocycles. The van der Waals surface area contributed by atoms with Crippen molar-refractivity contribution >= 4 is 0 Å². The highest BCUT2D eigenvalue weighted by Crippen LogP contribution is 2.12. The first kappa shape index (κ1) is 13.2. The Morgan fingerprint density at radius 1 is 1.31 bits per heavy atom. The van der Waals surface area contributed by atoms with Gasteiger partial charge in [0.2, 0.25) is 0 Å². The fourth-order valence-corrected chi connectivity index (χ4v) is 1.68. The smallest absolute Gasteiger partial charge is 0.0613 e. The van der Waals surface area contributed by atoms with Crippen molar-refractivity contribution < 1.29 is 9.84 Å². The minimum atomic E-state index is -0.278. The van der Waals surface area contributed by atoms with Gasteiger partial charge in [0.05, 0.1) is 13.2 Å². The predicted molar refractivity (Wildman–Crippen MR) is 65.5 cm³/mol. The molecular weight excluding hydrogens is 202 g/mol. The van der Waals surface area contributed by atoms with Crippen molar-refractivity contribution in [2.24, 2.45) is 0 Å². The van der Waals surface area contributed by atoms with E-state index in [0.717, 1.165) is 13.0 Å². The number of hydrogen-bond acceptors (Lipinski definition) is 3. The van der Waals surface area contributed by atoms with Gasteiger partial charge in [0.25, 0.3) is 0 Å². The molecular formula is C13H21NO2. The summed E-state index contributed by atoms with van der Waals surface area (Å²) in [4.78, 5) is 0. The van der Waals surface area contributed by atoms with E-state index in [1.54, 1.807) is 7.11 Å². The molecule has 1 aromatic carbocycles. The minimum absolute atomic E-state index is 0.117. The fourth-order valence-electron chi connectivity index (χ4n) is 1.68. The Bertz CT molecular complexity index is 289. The molecule has 0 aliphatic carbocycles. The van der Waals surface area contributed by atoms with Crippen molar-refractivity contribution in [1.29, 1.82) is 0 Å². The van der Waals surface area contributed by atoms with Crippen LogP contribution in [0.1, 0.15) is 12.5 Å². The molecule has 0 bridgehead atoms. The molecule has 0 saturated heterocycles. The Balaban J connectivity index is 2.52. The van der Waals surface area contributed by atoms with Crippen molar-refractivity contribution in [2.45, 2.75) is 18.9 Å². The Morgan fingerprint density at radius 2 is 2.00 bits per heavy atom. The normalized spacial score (nSPS) is 14.7. The lowest BCUT2D eigenvalue weighted by Crippen LogP contribution is -2.48.